The van der Waals surface area contributed by atoms with Crippen molar-refractivity contribution in [3.63, 3.8) is 0 Å². The van der Waals surface area contributed by atoms with Crippen molar-refractivity contribution in [3.8, 4) is 11.5 Å². The number of alkyl carbamates (subject to hydrolysis) is 1. The molecule has 2 aromatic rings. The molecular weight excluding hydrogens is 498 g/mol. The van der Waals surface area contributed by atoms with Crippen LogP contribution in [0, 0.1) is 0 Å². The van der Waals surface area contributed by atoms with Gasteiger partial charge in [-0.3, -0.25) is 9.59 Å². The van der Waals surface area contributed by atoms with Crippen molar-refractivity contribution < 1.29 is 29.3 Å². The first-order chi connectivity index (χ1) is 18.3. The zero-order valence-electron chi connectivity index (χ0n) is 23.9. The highest BCUT2D eigenvalue weighted by Gasteiger charge is 2.36. The maximum atomic E-state index is 14.2. The maximum Gasteiger partial charge on any atom is 0.408 e. The van der Waals surface area contributed by atoms with E-state index in [1.165, 1.54) is 29.2 Å². The number of ether oxygens (including phenoxy) is 1. The minimum absolute atomic E-state index is 0.0247. The molecule has 2 aromatic carbocycles. The number of aromatic hydroxyl groups is 2. The van der Waals surface area contributed by atoms with Crippen LogP contribution in [0.15, 0.2) is 48.5 Å². The Morgan fingerprint density at radius 1 is 0.949 bits per heavy atom. The van der Waals surface area contributed by atoms with Crippen LogP contribution in [0.3, 0.4) is 0 Å². The largest absolute Gasteiger partial charge is 0.508 e. The lowest BCUT2D eigenvalue weighted by molar-refractivity contribution is -0.142. The molecule has 0 saturated carbocycles. The van der Waals surface area contributed by atoms with Crippen LogP contribution >= 0.6 is 0 Å². The van der Waals surface area contributed by atoms with Gasteiger partial charge >= 0.3 is 6.09 Å². The van der Waals surface area contributed by atoms with Gasteiger partial charge in [-0.2, -0.15) is 0 Å². The van der Waals surface area contributed by atoms with Crippen LogP contribution in [0.1, 0.15) is 78.0 Å². The lowest BCUT2D eigenvalue weighted by Crippen LogP contribution is -2.54. The number of amides is 3. The molecule has 0 aliphatic carbocycles. The minimum Gasteiger partial charge on any atom is -0.508 e. The van der Waals surface area contributed by atoms with Gasteiger partial charge in [0, 0.05) is 19.0 Å². The van der Waals surface area contributed by atoms with Crippen LogP contribution in [0.4, 0.5) is 4.79 Å². The molecule has 0 radical (unpaired) electrons. The molecule has 0 saturated heterocycles. The molecule has 214 valence electrons. The van der Waals surface area contributed by atoms with E-state index in [9.17, 15) is 24.6 Å². The number of phenols is 2. The number of benzene rings is 2. The SMILES string of the molecule is CCCC(C)NC(=O)C(c1cccc(O)c1)N(CCC)C(=O)C(Cc1ccc(O)cc1)NC(=O)OC(C)(C)C. The summed E-state index contributed by atoms with van der Waals surface area (Å²) in [6.45, 7) is 11.2. The Bertz CT molecular complexity index is 1100. The predicted molar refractivity (Wildman–Crippen MR) is 150 cm³/mol. The van der Waals surface area contributed by atoms with Crippen molar-refractivity contribution in [2.45, 2.75) is 91.0 Å². The molecule has 0 bridgehead atoms. The van der Waals surface area contributed by atoms with E-state index in [2.05, 4.69) is 10.6 Å². The highest BCUT2D eigenvalue weighted by Crippen LogP contribution is 2.27. The summed E-state index contributed by atoms with van der Waals surface area (Å²) in [5.74, 6) is -0.786. The van der Waals surface area contributed by atoms with E-state index in [-0.39, 0.29) is 36.4 Å². The molecule has 0 aliphatic rings. The van der Waals surface area contributed by atoms with Crippen LogP contribution in [-0.2, 0) is 20.7 Å². The first kappa shape index (κ1) is 31.5. The maximum absolute atomic E-state index is 14.2. The number of hydrogen-bond acceptors (Lipinski definition) is 6. The number of rotatable bonds is 12. The summed E-state index contributed by atoms with van der Waals surface area (Å²) >= 11 is 0. The first-order valence-corrected chi connectivity index (χ1v) is 13.5. The molecule has 4 N–H and O–H groups in total. The van der Waals surface area contributed by atoms with Gasteiger partial charge in [0.15, 0.2) is 0 Å². The molecule has 0 fully saturated rings. The van der Waals surface area contributed by atoms with Gasteiger partial charge in [-0.05, 0) is 75.9 Å². The molecule has 0 aromatic heterocycles. The first-order valence-electron chi connectivity index (χ1n) is 13.5. The summed E-state index contributed by atoms with van der Waals surface area (Å²) in [5.41, 5.74) is 0.380. The summed E-state index contributed by atoms with van der Waals surface area (Å²) in [4.78, 5) is 42.1. The van der Waals surface area contributed by atoms with E-state index in [0.29, 0.717) is 17.5 Å². The van der Waals surface area contributed by atoms with Crippen LogP contribution < -0.4 is 10.6 Å². The van der Waals surface area contributed by atoms with E-state index in [1.54, 1.807) is 45.0 Å². The number of carbonyl (C=O) groups is 3. The van der Waals surface area contributed by atoms with Crippen LogP contribution in [0.5, 0.6) is 11.5 Å². The number of nitrogens with zero attached hydrogens (tertiary/aromatic N) is 1. The fraction of sp³-hybridized carbons (Fsp3) is 0.500. The van der Waals surface area contributed by atoms with Crippen LogP contribution in [0.25, 0.3) is 0 Å². The Labute approximate surface area is 231 Å². The van der Waals surface area contributed by atoms with Gasteiger partial charge in [0.25, 0.3) is 0 Å². The van der Waals surface area contributed by atoms with Gasteiger partial charge < -0.3 is 30.5 Å². The molecular formula is C30H43N3O6. The summed E-state index contributed by atoms with van der Waals surface area (Å²) in [6.07, 6.45) is 1.55. The van der Waals surface area contributed by atoms with E-state index < -0.39 is 29.7 Å². The Morgan fingerprint density at radius 3 is 2.18 bits per heavy atom. The Morgan fingerprint density at radius 2 is 1.62 bits per heavy atom. The Balaban J connectivity index is 2.52. The van der Waals surface area contributed by atoms with Gasteiger partial charge in [-0.25, -0.2) is 4.79 Å². The molecule has 3 unspecified atom stereocenters. The van der Waals surface area contributed by atoms with Crippen molar-refractivity contribution in [2.24, 2.45) is 0 Å². The average molecular weight is 542 g/mol. The normalized spacial score (nSPS) is 13.6. The fourth-order valence-corrected chi connectivity index (χ4v) is 4.32. The van der Waals surface area contributed by atoms with Crippen LogP contribution in [-0.4, -0.2) is 57.3 Å². The Kier molecular flexibility index (Phi) is 11.6. The smallest absolute Gasteiger partial charge is 0.408 e. The second kappa shape index (κ2) is 14.4. The standard InChI is InChI=1S/C30H43N3O6/c1-7-10-20(3)31-27(36)26(22-11-9-12-24(35)19-22)33(17-8-2)28(37)25(32-29(38)39-30(4,5)6)18-21-13-15-23(34)16-14-21/h9,11-16,19-20,25-26,34-35H,7-8,10,17-18H2,1-6H3,(H,31,36)(H,32,38). The van der Waals surface area contributed by atoms with Crippen molar-refractivity contribution in [1.82, 2.24) is 15.5 Å². The third-order valence-corrected chi connectivity index (χ3v) is 5.97. The number of carbonyl (C=O) groups excluding carboxylic acids is 3. The molecule has 0 spiro atoms. The van der Waals surface area contributed by atoms with Gasteiger partial charge in [0.1, 0.15) is 29.2 Å². The zero-order valence-corrected chi connectivity index (χ0v) is 23.9. The summed E-state index contributed by atoms with van der Waals surface area (Å²) in [5, 5.41) is 25.6. The highest BCUT2D eigenvalue weighted by molar-refractivity contribution is 5.92. The van der Waals surface area contributed by atoms with Crippen LogP contribution in [0.2, 0.25) is 0 Å². The minimum atomic E-state index is -1.06. The summed E-state index contributed by atoms with van der Waals surface area (Å²) in [6, 6.07) is 10.4. The van der Waals surface area contributed by atoms with E-state index >= 15 is 0 Å². The lowest BCUT2D eigenvalue weighted by Gasteiger charge is -2.35. The number of nitrogens with one attached hydrogen (secondary N) is 2. The molecule has 9 heteroatoms. The van der Waals surface area contributed by atoms with E-state index in [4.69, 9.17) is 4.74 Å². The quantitative estimate of drug-likeness (QED) is 0.305. The van der Waals surface area contributed by atoms with Gasteiger partial charge in [0.05, 0.1) is 0 Å². The number of hydrogen-bond donors (Lipinski definition) is 4. The van der Waals surface area contributed by atoms with Gasteiger partial charge in [-0.1, -0.05) is 44.5 Å². The third kappa shape index (κ3) is 10.1. The van der Waals surface area contributed by atoms with E-state index in [0.717, 1.165) is 12.8 Å². The highest BCUT2D eigenvalue weighted by atomic mass is 16.6. The molecule has 9 nitrogen and oxygen atoms in total. The van der Waals surface area contributed by atoms with Gasteiger partial charge in [-0.15, -0.1) is 0 Å². The zero-order chi connectivity index (χ0) is 29.2. The monoisotopic (exact) mass is 541 g/mol. The van der Waals surface area contributed by atoms with Crippen molar-refractivity contribution in [2.75, 3.05) is 6.54 Å². The molecule has 3 amide bonds. The molecule has 0 heterocycles. The number of phenolic OH excluding ortho intramolecular Hbond substituents is 2. The summed E-state index contributed by atoms with van der Waals surface area (Å²) < 4.78 is 5.43. The second-order valence-electron chi connectivity index (χ2n) is 10.8. The van der Waals surface area contributed by atoms with Crippen molar-refractivity contribution >= 4 is 17.9 Å². The second-order valence-corrected chi connectivity index (χ2v) is 10.8. The average Bonchev–Trinajstić information content (AvgIpc) is 2.83. The van der Waals surface area contributed by atoms with E-state index in [1.807, 2.05) is 20.8 Å². The molecule has 39 heavy (non-hydrogen) atoms. The fourth-order valence-electron chi connectivity index (χ4n) is 4.32. The summed E-state index contributed by atoms with van der Waals surface area (Å²) in [7, 11) is 0. The molecule has 2 rings (SSSR count). The predicted octanol–water partition coefficient (Wildman–Crippen LogP) is 4.82. The Hall–Kier alpha value is -3.75. The third-order valence-electron chi connectivity index (χ3n) is 5.97. The molecule has 0 aliphatic heterocycles. The van der Waals surface area contributed by atoms with Crippen molar-refractivity contribution in [3.05, 3.63) is 59.7 Å². The lowest BCUT2D eigenvalue weighted by atomic mass is 9.99. The van der Waals surface area contributed by atoms with Gasteiger partial charge in [0.2, 0.25) is 11.8 Å². The topological polar surface area (TPSA) is 128 Å². The molecule has 3 atom stereocenters. The van der Waals surface area contributed by atoms with Crippen molar-refractivity contribution in [1.29, 1.82) is 0 Å².